The fourth-order valence-corrected chi connectivity index (χ4v) is 12.0. The molecular weight excluding hydrogens is 983 g/mol. The van der Waals surface area contributed by atoms with Crippen molar-refractivity contribution in [2.45, 2.75) is 121 Å². The third kappa shape index (κ3) is 11.4. The number of amides is 2. The Morgan fingerprint density at radius 3 is 2.03 bits per heavy atom. The Morgan fingerprint density at radius 2 is 1.43 bits per heavy atom. The molecule has 3 fully saturated rings. The van der Waals surface area contributed by atoms with Gasteiger partial charge in [0.2, 0.25) is 12.0 Å². The van der Waals surface area contributed by atoms with E-state index < -0.39 is 137 Å². The summed E-state index contributed by atoms with van der Waals surface area (Å²) in [6.45, 7) is 9.63. The van der Waals surface area contributed by atoms with Crippen LogP contribution < -0.4 is 16.0 Å². The minimum atomic E-state index is -2.27. The summed E-state index contributed by atoms with van der Waals surface area (Å²) in [6.07, 6.45) is -9.95. The third-order valence-corrected chi connectivity index (χ3v) is 15.8. The highest BCUT2D eigenvalue weighted by Crippen LogP contribution is 2.66. The highest BCUT2D eigenvalue weighted by molar-refractivity contribution is 5.98. The molecule has 5 N–H and O–H groups in total. The van der Waals surface area contributed by atoms with Gasteiger partial charge in [-0.1, -0.05) is 92.7 Å². The number of ether oxygens (including phenoxy) is 6. The topological polar surface area (TPSA) is 268 Å². The number of rotatable bonds is 21. The predicted molar refractivity (Wildman–Crippen MR) is 272 cm³/mol. The lowest BCUT2D eigenvalue weighted by atomic mass is 9.42. The quantitative estimate of drug-likeness (QED) is 0.0331. The molecule has 19 heteroatoms. The molecule has 2 saturated carbocycles. The molecule has 1 aliphatic heterocycles. The van der Waals surface area contributed by atoms with E-state index in [9.17, 15) is 39.0 Å². The first kappa shape index (κ1) is 57.1. The maximum Gasteiger partial charge on any atom is 0.350 e. The molecule has 19 nitrogen and oxygen atoms in total. The van der Waals surface area contributed by atoms with Gasteiger partial charge in [-0.05, 0) is 49.7 Å². The summed E-state index contributed by atoms with van der Waals surface area (Å²) in [5, 5.41) is 34.9. The van der Waals surface area contributed by atoms with Crippen molar-refractivity contribution in [3.63, 3.8) is 0 Å². The molecule has 4 aliphatic rings. The SMILES string of the molecule is CNCCOCCNC(=O)CCC(=O)O[C@H](C(=O)O[C@@H]1C[C@@]2(O)[C@H](CC(=O)c3ccccc3)[C@@H]3C(C)(C(=O)C(OC(C)=O)C(=C1C)C2(C)C)C(O)CC1OC[C@@]13OC(C)=O)[C@H](NC(=O)c1ccccc1)c1ccccc1. The molecule has 2 amide bonds. The van der Waals surface area contributed by atoms with Gasteiger partial charge in [0.1, 0.15) is 18.2 Å². The van der Waals surface area contributed by atoms with E-state index in [1.807, 2.05) is 0 Å². The number of likely N-dealkylation sites (N-methyl/N-ethyl adjacent to an activating group) is 1. The molecule has 0 spiro atoms. The van der Waals surface area contributed by atoms with Crippen molar-refractivity contribution >= 4 is 47.3 Å². The summed E-state index contributed by atoms with van der Waals surface area (Å²) in [6, 6.07) is 23.1. The number of nitrogens with one attached hydrogen (secondary N) is 3. The molecule has 0 radical (unpaired) electrons. The lowest BCUT2D eigenvalue weighted by Crippen LogP contribution is -2.80. The van der Waals surface area contributed by atoms with Crippen molar-refractivity contribution < 1.29 is 77.0 Å². The third-order valence-electron chi connectivity index (χ3n) is 15.8. The minimum absolute atomic E-state index is 0.0146. The summed E-state index contributed by atoms with van der Waals surface area (Å²) in [7, 11) is 1.78. The molecule has 0 aromatic heterocycles. The number of fused-ring (bicyclic) bond motifs is 5. The van der Waals surface area contributed by atoms with Crippen LogP contribution in [0.3, 0.4) is 0 Å². The zero-order valence-corrected chi connectivity index (χ0v) is 44.0. The number of aliphatic hydroxyl groups is 2. The van der Waals surface area contributed by atoms with Gasteiger partial charge in [0, 0.05) is 81.0 Å². The lowest BCUT2D eigenvalue weighted by Gasteiger charge is -2.68. The van der Waals surface area contributed by atoms with E-state index in [0.717, 1.165) is 6.92 Å². The van der Waals surface area contributed by atoms with Crippen LogP contribution in [-0.2, 0) is 57.2 Å². The van der Waals surface area contributed by atoms with Gasteiger partial charge in [0.25, 0.3) is 5.91 Å². The Hall–Kier alpha value is -6.64. The average molecular weight is 1050 g/mol. The van der Waals surface area contributed by atoms with Gasteiger partial charge < -0.3 is 54.6 Å². The Balaban J connectivity index is 1.35. The zero-order chi connectivity index (χ0) is 55.2. The van der Waals surface area contributed by atoms with Gasteiger partial charge in [-0.3, -0.25) is 33.6 Å². The maximum atomic E-state index is 15.8. The molecule has 1 heterocycles. The van der Waals surface area contributed by atoms with Crippen molar-refractivity contribution in [1.82, 2.24) is 16.0 Å². The second kappa shape index (κ2) is 23.7. The summed E-state index contributed by atoms with van der Waals surface area (Å²) in [4.78, 5) is 113. The van der Waals surface area contributed by atoms with Gasteiger partial charge in [-0.2, -0.15) is 0 Å². The number of esters is 4. The summed E-state index contributed by atoms with van der Waals surface area (Å²) in [5.74, 6) is -9.17. The fourth-order valence-electron chi connectivity index (χ4n) is 12.0. The smallest absolute Gasteiger partial charge is 0.350 e. The highest BCUT2D eigenvalue weighted by atomic mass is 16.6. The molecule has 1 saturated heterocycles. The van der Waals surface area contributed by atoms with E-state index in [1.54, 1.807) is 112 Å². The van der Waals surface area contributed by atoms with Crippen LogP contribution in [0, 0.1) is 22.7 Å². The standard InChI is InChI=1S/C57H69N3O16/c1-33-41(74-53(69)49(75-45(66)24-23-44(65)59-26-28-71-27-25-58-7)47(37-19-13-9-14-20-37)60-52(68)38-21-15-10-16-22-38)31-57(70)39(29-40(63)36-17-11-8-12-18-36)50-55(6,42(64)30-43-56(50,32-72-43)76-35(3)62)51(67)48(73-34(2)61)46(33)54(57,4)5/h8-22,39,41-43,47-50,58,64,70H,23-32H2,1-7H3,(H,59,65)(H,60,68)/t39-,41-,42?,43?,47-,48?,49+,50-,55?,56-,57-/m1/s1. The van der Waals surface area contributed by atoms with E-state index >= 15 is 9.59 Å². The molecule has 2 bridgehead atoms. The van der Waals surface area contributed by atoms with Crippen LogP contribution in [-0.4, -0.2) is 139 Å². The second-order valence-electron chi connectivity index (χ2n) is 20.8. The van der Waals surface area contributed by atoms with Gasteiger partial charge in [-0.25, -0.2) is 4.79 Å². The summed E-state index contributed by atoms with van der Waals surface area (Å²) < 4.78 is 36.0. The molecule has 4 unspecified atom stereocenters. The van der Waals surface area contributed by atoms with E-state index in [0.29, 0.717) is 18.7 Å². The van der Waals surface area contributed by atoms with Gasteiger partial charge >= 0.3 is 23.9 Å². The Bertz CT molecular complexity index is 2680. The normalized spacial score (nSPS) is 28.0. The van der Waals surface area contributed by atoms with Crippen LogP contribution in [0.4, 0.5) is 0 Å². The minimum Gasteiger partial charge on any atom is -0.455 e. The van der Waals surface area contributed by atoms with E-state index in [1.165, 1.54) is 20.8 Å². The highest BCUT2D eigenvalue weighted by Gasteiger charge is 2.77. The number of carbonyl (C=O) groups is 8. The van der Waals surface area contributed by atoms with Crippen LogP contribution in [0.25, 0.3) is 0 Å². The van der Waals surface area contributed by atoms with Crippen LogP contribution in [0.15, 0.2) is 102 Å². The van der Waals surface area contributed by atoms with Crippen molar-refractivity contribution in [3.05, 3.63) is 119 Å². The summed E-state index contributed by atoms with van der Waals surface area (Å²) in [5.41, 5.74) is -6.68. The Kier molecular flexibility index (Phi) is 17.8. The number of ketones is 2. The Labute approximate surface area is 441 Å². The van der Waals surface area contributed by atoms with E-state index in [2.05, 4.69) is 16.0 Å². The zero-order valence-electron chi connectivity index (χ0n) is 44.0. The van der Waals surface area contributed by atoms with Crippen LogP contribution in [0.2, 0.25) is 0 Å². The monoisotopic (exact) mass is 1050 g/mol. The maximum absolute atomic E-state index is 15.8. The molecular formula is C57H69N3O16. The molecule has 408 valence electrons. The van der Waals surface area contributed by atoms with Gasteiger partial charge in [-0.15, -0.1) is 0 Å². The molecule has 3 aromatic carbocycles. The number of carbonyl (C=O) groups excluding carboxylic acids is 8. The first-order valence-corrected chi connectivity index (χ1v) is 25.6. The predicted octanol–water partition coefficient (Wildman–Crippen LogP) is 4.08. The average Bonchev–Trinajstić information content (AvgIpc) is 3.59. The lowest BCUT2D eigenvalue weighted by molar-refractivity contribution is -0.339. The van der Waals surface area contributed by atoms with Crippen molar-refractivity contribution in [2.75, 3.05) is 40.0 Å². The molecule has 11 atom stereocenters. The van der Waals surface area contributed by atoms with Gasteiger partial charge in [0.05, 0.1) is 43.4 Å². The van der Waals surface area contributed by atoms with Crippen molar-refractivity contribution in [1.29, 1.82) is 0 Å². The number of benzene rings is 3. The van der Waals surface area contributed by atoms with Crippen LogP contribution in [0.5, 0.6) is 0 Å². The largest absolute Gasteiger partial charge is 0.455 e. The number of aliphatic hydroxyl groups excluding tert-OH is 1. The van der Waals surface area contributed by atoms with Gasteiger partial charge in [0.15, 0.2) is 23.3 Å². The first-order valence-electron chi connectivity index (χ1n) is 25.6. The molecule has 3 aliphatic carbocycles. The molecule has 7 rings (SSSR count). The van der Waals surface area contributed by atoms with Crippen molar-refractivity contribution in [3.8, 4) is 0 Å². The second-order valence-corrected chi connectivity index (χ2v) is 20.8. The van der Waals surface area contributed by atoms with Crippen LogP contribution in [0.1, 0.15) is 106 Å². The number of Topliss-reactive ketones (excluding diaryl/α,β-unsaturated/α-hetero) is 2. The Morgan fingerprint density at radius 1 is 0.816 bits per heavy atom. The van der Waals surface area contributed by atoms with Crippen LogP contribution >= 0.6 is 0 Å². The number of hydrogen-bond donors (Lipinski definition) is 5. The molecule has 76 heavy (non-hydrogen) atoms. The van der Waals surface area contributed by atoms with E-state index in [-0.39, 0.29) is 54.9 Å². The van der Waals surface area contributed by atoms with Crippen molar-refractivity contribution in [2.24, 2.45) is 22.7 Å². The van der Waals surface area contributed by atoms with E-state index in [4.69, 9.17) is 28.4 Å². The first-order chi connectivity index (χ1) is 36.1. The molecule has 3 aromatic rings. The summed E-state index contributed by atoms with van der Waals surface area (Å²) >= 11 is 0. The number of hydrogen-bond acceptors (Lipinski definition) is 17. The fraction of sp³-hybridized carbons (Fsp3) is 0.509.